The van der Waals surface area contributed by atoms with E-state index < -0.39 is 5.82 Å². The predicted molar refractivity (Wildman–Crippen MR) is 78.4 cm³/mol. The molecule has 0 saturated heterocycles. The molecule has 5 heteroatoms. The Morgan fingerprint density at radius 3 is 2.20 bits per heavy atom. The van der Waals surface area contributed by atoms with Gasteiger partial charge in [0.2, 0.25) is 0 Å². The smallest absolute Gasteiger partial charge is 0.167 e. The Bertz CT molecular complexity index is 636. The molecule has 0 amide bonds. The van der Waals surface area contributed by atoms with Crippen LogP contribution in [0.25, 0.3) is 0 Å². The Labute approximate surface area is 122 Å². The van der Waals surface area contributed by atoms with Gasteiger partial charge in [0, 0.05) is 17.2 Å². The number of anilines is 1. The van der Waals surface area contributed by atoms with E-state index in [2.05, 4.69) is 0 Å². The van der Waals surface area contributed by atoms with E-state index >= 15 is 0 Å². The normalized spacial score (nSPS) is 10.4. The maximum Gasteiger partial charge on any atom is 0.167 e. The molecule has 0 unspecified atom stereocenters. The van der Waals surface area contributed by atoms with E-state index in [1.807, 2.05) is 13.8 Å². The van der Waals surface area contributed by atoms with E-state index in [-0.39, 0.29) is 11.4 Å². The molecule has 106 valence electrons. The molecule has 0 bridgehead atoms. The van der Waals surface area contributed by atoms with Crippen molar-refractivity contribution in [2.45, 2.75) is 13.8 Å². The molecule has 2 N–H and O–H groups in total. The third-order valence-electron chi connectivity index (χ3n) is 2.92. The Morgan fingerprint density at radius 2 is 1.65 bits per heavy atom. The number of hydrogen-bond donors (Lipinski definition) is 1. The number of nitrogens with two attached hydrogens (primary N) is 1. The highest BCUT2D eigenvalue weighted by atomic mass is 35.5. The van der Waals surface area contributed by atoms with Crippen molar-refractivity contribution in [2.24, 2.45) is 0 Å². The number of halogens is 2. The van der Waals surface area contributed by atoms with Gasteiger partial charge in [0.05, 0.1) is 12.8 Å². The summed E-state index contributed by atoms with van der Waals surface area (Å²) in [6.45, 7) is 3.77. The Hall–Kier alpha value is -1.94. The minimum absolute atomic E-state index is 0.0802. The number of hydrogen-bond acceptors (Lipinski definition) is 3. The lowest BCUT2D eigenvalue weighted by molar-refractivity contribution is 0.382. The molecule has 0 aliphatic rings. The molecule has 2 aromatic rings. The van der Waals surface area contributed by atoms with Crippen molar-refractivity contribution in [3.8, 4) is 17.2 Å². The summed E-state index contributed by atoms with van der Waals surface area (Å²) >= 11 is 6.10. The maximum absolute atomic E-state index is 13.5. The number of ether oxygens (including phenoxy) is 2. The summed E-state index contributed by atoms with van der Waals surface area (Å²) in [6, 6.07) is 6.18. The van der Waals surface area contributed by atoms with Crippen molar-refractivity contribution in [3.63, 3.8) is 0 Å². The summed E-state index contributed by atoms with van der Waals surface area (Å²) in [5.74, 6) is 0.478. The van der Waals surface area contributed by atoms with Crippen molar-refractivity contribution in [1.29, 1.82) is 0 Å². The Morgan fingerprint density at radius 1 is 1.05 bits per heavy atom. The van der Waals surface area contributed by atoms with Crippen LogP contribution in [0.1, 0.15) is 11.1 Å². The zero-order valence-corrected chi connectivity index (χ0v) is 12.2. The third kappa shape index (κ3) is 2.80. The first-order chi connectivity index (χ1) is 9.42. The van der Waals surface area contributed by atoms with Crippen LogP contribution in [0.4, 0.5) is 10.1 Å². The Balaban J connectivity index is 2.39. The molecule has 0 aliphatic heterocycles. The highest BCUT2D eigenvalue weighted by Gasteiger charge is 2.11. The quantitative estimate of drug-likeness (QED) is 0.849. The third-order valence-corrected chi connectivity index (χ3v) is 3.52. The fourth-order valence-electron chi connectivity index (χ4n) is 1.89. The van der Waals surface area contributed by atoms with Crippen LogP contribution in [-0.2, 0) is 0 Å². The van der Waals surface area contributed by atoms with Gasteiger partial charge in [-0.15, -0.1) is 0 Å². The lowest BCUT2D eigenvalue weighted by Crippen LogP contribution is -1.97. The number of nitrogen functional groups attached to an aromatic ring is 1. The first-order valence-electron chi connectivity index (χ1n) is 6.00. The van der Waals surface area contributed by atoms with Crippen molar-refractivity contribution < 1.29 is 13.9 Å². The highest BCUT2D eigenvalue weighted by molar-refractivity contribution is 6.32. The topological polar surface area (TPSA) is 44.5 Å². The van der Waals surface area contributed by atoms with E-state index in [1.54, 1.807) is 12.1 Å². The number of benzene rings is 2. The first kappa shape index (κ1) is 14.5. The zero-order valence-electron chi connectivity index (χ0n) is 11.5. The SMILES string of the molecule is COc1cc(Oc2cc(C)c(Cl)c(C)c2)c(N)cc1F. The first-order valence-corrected chi connectivity index (χ1v) is 6.37. The van der Waals surface area contributed by atoms with Crippen LogP contribution < -0.4 is 15.2 Å². The molecule has 0 saturated carbocycles. The number of aryl methyl sites for hydroxylation is 2. The monoisotopic (exact) mass is 295 g/mol. The van der Waals surface area contributed by atoms with Gasteiger partial charge in [0.25, 0.3) is 0 Å². The minimum Gasteiger partial charge on any atom is -0.494 e. The summed E-state index contributed by atoms with van der Waals surface area (Å²) in [6.07, 6.45) is 0. The molecular formula is C15H15ClFNO2. The van der Waals surface area contributed by atoms with Crippen LogP contribution in [0.3, 0.4) is 0 Å². The average Bonchev–Trinajstić information content (AvgIpc) is 2.39. The van der Waals surface area contributed by atoms with E-state index in [9.17, 15) is 4.39 Å². The van der Waals surface area contributed by atoms with Gasteiger partial charge in [0.1, 0.15) is 5.75 Å². The second-order valence-electron chi connectivity index (χ2n) is 4.50. The largest absolute Gasteiger partial charge is 0.494 e. The van der Waals surface area contributed by atoms with E-state index in [0.29, 0.717) is 16.5 Å². The van der Waals surface area contributed by atoms with E-state index in [0.717, 1.165) is 11.1 Å². The maximum atomic E-state index is 13.5. The summed E-state index contributed by atoms with van der Waals surface area (Å²) in [4.78, 5) is 0. The number of rotatable bonds is 3. The summed E-state index contributed by atoms with van der Waals surface area (Å²) < 4.78 is 24.1. The van der Waals surface area contributed by atoms with Gasteiger partial charge in [-0.2, -0.15) is 0 Å². The summed E-state index contributed by atoms with van der Waals surface area (Å²) in [5, 5.41) is 0.696. The molecule has 0 heterocycles. The predicted octanol–water partition coefficient (Wildman–Crippen LogP) is 4.48. The van der Waals surface area contributed by atoms with Crippen LogP contribution in [0, 0.1) is 19.7 Å². The zero-order chi connectivity index (χ0) is 14.9. The summed E-state index contributed by atoms with van der Waals surface area (Å²) in [5.41, 5.74) is 7.75. The van der Waals surface area contributed by atoms with Crippen LogP contribution in [0.5, 0.6) is 17.2 Å². The molecule has 2 aromatic carbocycles. The molecule has 0 fully saturated rings. The van der Waals surface area contributed by atoms with Crippen LogP contribution in [0.15, 0.2) is 24.3 Å². The second kappa shape index (κ2) is 5.59. The van der Waals surface area contributed by atoms with Gasteiger partial charge in [-0.1, -0.05) is 11.6 Å². The fourth-order valence-corrected chi connectivity index (χ4v) is 2.00. The van der Waals surface area contributed by atoms with Crippen LogP contribution in [-0.4, -0.2) is 7.11 Å². The van der Waals surface area contributed by atoms with Crippen LogP contribution >= 0.6 is 11.6 Å². The standard InChI is InChI=1S/C15H15ClFNO2/c1-8-4-10(5-9(2)15(8)16)20-14-7-13(19-3)11(17)6-12(14)18/h4-7H,18H2,1-3H3. The number of methoxy groups -OCH3 is 1. The molecule has 0 radical (unpaired) electrons. The van der Waals surface area contributed by atoms with Crippen molar-refractivity contribution >= 4 is 17.3 Å². The molecule has 20 heavy (non-hydrogen) atoms. The van der Waals surface area contributed by atoms with Crippen molar-refractivity contribution in [1.82, 2.24) is 0 Å². The van der Waals surface area contributed by atoms with E-state index in [1.165, 1.54) is 19.2 Å². The van der Waals surface area contributed by atoms with Gasteiger partial charge < -0.3 is 15.2 Å². The average molecular weight is 296 g/mol. The highest BCUT2D eigenvalue weighted by Crippen LogP contribution is 2.35. The van der Waals surface area contributed by atoms with Crippen LogP contribution in [0.2, 0.25) is 5.02 Å². The second-order valence-corrected chi connectivity index (χ2v) is 4.88. The van der Waals surface area contributed by atoms with Gasteiger partial charge >= 0.3 is 0 Å². The fraction of sp³-hybridized carbons (Fsp3) is 0.200. The van der Waals surface area contributed by atoms with Crippen molar-refractivity contribution in [2.75, 3.05) is 12.8 Å². The van der Waals surface area contributed by atoms with Gasteiger partial charge in [0.15, 0.2) is 17.3 Å². The molecule has 0 aromatic heterocycles. The van der Waals surface area contributed by atoms with Gasteiger partial charge in [-0.3, -0.25) is 0 Å². The van der Waals surface area contributed by atoms with Gasteiger partial charge in [-0.25, -0.2) is 4.39 Å². The lowest BCUT2D eigenvalue weighted by atomic mass is 10.1. The minimum atomic E-state index is -0.527. The molecular weight excluding hydrogens is 281 g/mol. The summed E-state index contributed by atoms with van der Waals surface area (Å²) in [7, 11) is 1.38. The molecule has 0 spiro atoms. The molecule has 0 atom stereocenters. The van der Waals surface area contributed by atoms with Gasteiger partial charge in [-0.05, 0) is 37.1 Å². The molecule has 3 nitrogen and oxygen atoms in total. The lowest BCUT2D eigenvalue weighted by Gasteiger charge is -2.13. The van der Waals surface area contributed by atoms with Crippen molar-refractivity contribution in [3.05, 3.63) is 46.2 Å². The molecule has 0 aliphatic carbocycles. The molecule has 2 rings (SSSR count). The Kier molecular flexibility index (Phi) is 4.04. The van der Waals surface area contributed by atoms with E-state index in [4.69, 9.17) is 26.8 Å².